The molecule has 0 atom stereocenters. The number of sulfonamides is 1. The Morgan fingerprint density at radius 2 is 1.77 bits per heavy atom. The number of amides is 1. The van der Waals surface area contributed by atoms with E-state index in [1.165, 1.54) is 21.2 Å². The van der Waals surface area contributed by atoms with E-state index in [-0.39, 0.29) is 16.3 Å². The molecule has 1 aliphatic heterocycles. The van der Waals surface area contributed by atoms with Crippen LogP contribution in [-0.2, 0) is 10.0 Å². The van der Waals surface area contributed by atoms with Gasteiger partial charge in [-0.05, 0) is 70.4 Å². The summed E-state index contributed by atoms with van der Waals surface area (Å²) in [5.74, 6) is -0.107. The van der Waals surface area contributed by atoms with E-state index in [1.54, 1.807) is 13.0 Å². The number of anilines is 1. The van der Waals surface area contributed by atoms with Gasteiger partial charge in [-0.15, -0.1) is 5.10 Å². The Hall–Kier alpha value is -3.24. The van der Waals surface area contributed by atoms with Crippen molar-refractivity contribution in [2.75, 3.05) is 25.0 Å². The maximum absolute atomic E-state index is 13.2. The summed E-state index contributed by atoms with van der Waals surface area (Å²) in [4.78, 5) is 14.8. The van der Waals surface area contributed by atoms with Gasteiger partial charge in [-0.25, -0.2) is 8.42 Å². The lowest BCUT2D eigenvalue weighted by Gasteiger charge is -2.26. The summed E-state index contributed by atoms with van der Waals surface area (Å²) in [6.07, 6.45) is 2.71. The van der Waals surface area contributed by atoms with Crippen LogP contribution in [0, 0.1) is 20.8 Å². The molecule has 9 nitrogen and oxygen atoms in total. The highest BCUT2D eigenvalue weighted by atomic mass is 32.2. The molecule has 1 saturated heterocycles. The molecule has 0 radical (unpaired) electrons. The van der Waals surface area contributed by atoms with Crippen molar-refractivity contribution in [2.24, 2.45) is 0 Å². The van der Waals surface area contributed by atoms with Crippen molar-refractivity contribution < 1.29 is 17.9 Å². The molecule has 35 heavy (non-hydrogen) atoms. The Morgan fingerprint density at radius 1 is 1.03 bits per heavy atom. The monoisotopic (exact) mass is 497 g/mol. The minimum absolute atomic E-state index is 0.119. The molecule has 4 rings (SSSR count). The molecule has 0 aliphatic carbocycles. The number of ether oxygens (including phenoxy) is 1. The third-order valence-electron chi connectivity index (χ3n) is 6.02. The van der Waals surface area contributed by atoms with Gasteiger partial charge in [0.2, 0.25) is 10.0 Å². The van der Waals surface area contributed by atoms with Crippen molar-refractivity contribution in [3.05, 3.63) is 58.9 Å². The maximum Gasteiger partial charge on any atom is 0.278 e. The summed E-state index contributed by atoms with van der Waals surface area (Å²) in [5, 5.41) is 11.6. The van der Waals surface area contributed by atoms with Crippen molar-refractivity contribution in [1.29, 1.82) is 0 Å². The lowest BCUT2D eigenvalue weighted by atomic mass is 10.1. The maximum atomic E-state index is 13.2. The van der Waals surface area contributed by atoms with Crippen molar-refractivity contribution in [1.82, 2.24) is 19.3 Å². The number of carbonyl (C=O) groups excluding carboxylic acids is 1. The van der Waals surface area contributed by atoms with Crippen LogP contribution in [-0.4, -0.2) is 53.3 Å². The first-order chi connectivity index (χ1) is 16.7. The smallest absolute Gasteiger partial charge is 0.278 e. The molecule has 3 aromatic rings. The zero-order valence-electron chi connectivity index (χ0n) is 20.5. The number of rotatable bonds is 7. The van der Waals surface area contributed by atoms with Gasteiger partial charge in [-0.3, -0.25) is 4.79 Å². The number of piperidine rings is 1. The number of aryl methyl sites for hydroxylation is 3. The van der Waals surface area contributed by atoms with Gasteiger partial charge in [0, 0.05) is 13.1 Å². The molecule has 1 N–H and O–H groups in total. The Balaban J connectivity index is 1.64. The van der Waals surface area contributed by atoms with Crippen LogP contribution in [0.4, 0.5) is 5.69 Å². The van der Waals surface area contributed by atoms with E-state index < -0.39 is 15.9 Å². The van der Waals surface area contributed by atoms with Gasteiger partial charge in [0.1, 0.15) is 5.75 Å². The Labute approximate surface area is 206 Å². The van der Waals surface area contributed by atoms with Crippen LogP contribution in [0.2, 0.25) is 0 Å². The molecule has 2 heterocycles. The summed E-state index contributed by atoms with van der Waals surface area (Å²) in [6, 6.07) is 10.5. The molecule has 1 amide bonds. The van der Waals surface area contributed by atoms with E-state index in [1.807, 2.05) is 39.0 Å². The number of aromatic nitrogens is 3. The highest BCUT2D eigenvalue weighted by Gasteiger charge is 2.27. The van der Waals surface area contributed by atoms with E-state index in [2.05, 4.69) is 15.5 Å². The Morgan fingerprint density at radius 3 is 2.46 bits per heavy atom. The summed E-state index contributed by atoms with van der Waals surface area (Å²) in [7, 11) is -3.67. The van der Waals surface area contributed by atoms with Crippen LogP contribution in [0.25, 0.3) is 5.69 Å². The highest BCUT2D eigenvalue weighted by Crippen LogP contribution is 2.31. The summed E-state index contributed by atoms with van der Waals surface area (Å²) >= 11 is 0. The van der Waals surface area contributed by atoms with E-state index >= 15 is 0 Å². The molecular formula is C25H31N5O4S. The first-order valence-corrected chi connectivity index (χ1v) is 13.2. The number of hydrogen-bond donors (Lipinski definition) is 1. The Bertz CT molecular complexity index is 1340. The van der Waals surface area contributed by atoms with Crippen molar-refractivity contribution in [2.45, 2.75) is 51.9 Å². The third kappa shape index (κ3) is 5.23. The number of carbonyl (C=O) groups is 1. The third-order valence-corrected chi connectivity index (χ3v) is 7.91. The predicted octanol–water partition coefficient (Wildman–Crippen LogP) is 4.02. The second-order valence-electron chi connectivity index (χ2n) is 8.72. The van der Waals surface area contributed by atoms with Crippen LogP contribution in [0.15, 0.2) is 41.3 Å². The number of hydrogen-bond acceptors (Lipinski definition) is 6. The molecule has 0 bridgehead atoms. The molecule has 2 aromatic carbocycles. The van der Waals surface area contributed by atoms with Crippen LogP contribution in [0.3, 0.4) is 0 Å². The largest absolute Gasteiger partial charge is 0.492 e. The normalized spacial score (nSPS) is 14.6. The topological polar surface area (TPSA) is 106 Å². The predicted molar refractivity (Wildman–Crippen MR) is 134 cm³/mol. The molecule has 0 saturated carbocycles. The van der Waals surface area contributed by atoms with Gasteiger partial charge in [0.25, 0.3) is 5.91 Å². The van der Waals surface area contributed by atoms with Gasteiger partial charge in [-0.2, -0.15) is 14.2 Å². The molecule has 186 valence electrons. The minimum atomic E-state index is -3.67. The second-order valence-corrected chi connectivity index (χ2v) is 10.7. The zero-order chi connectivity index (χ0) is 25.2. The fourth-order valence-electron chi connectivity index (χ4n) is 4.21. The van der Waals surface area contributed by atoms with Crippen molar-refractivity contribution >= 4 is 21.6 Å². The van der Waals surface area contributed by atoms with E-state index in [0.717, 1.165) is 36.1 Å². The molecular weight excluding hydrogens is 466 g/mol. The van der Waals surface area contributed by atoms with Gasteiger partial charge >= 0.3 is 0 Å². The summed E-state index contributed by atoms with van der Waals surface area (Å²) < 4.78 is 33.5. The molecule has 1 fully saturated rings. The number of benzene rings is 2. The van der Waals surface area contributed by atoms with E-state index in [0.29, 0.717) is 31.1 Å². The van der Waals surface area contributed by atoms with E-state index in [4.69, 9.17) is 4.74 Å². The number of nitrogens with one attached hydrogen (secondary N) is 1. The fraction of sp³-hybridized carbons (Fsp3) is 0.400. The van der Waals surface area contributed by atoms with Gasteiger partial charge in [0.15, 0.2) is 5.69 Å². The molecule has 1 aliphatic rings. The standard InChI is InChI=1S/C25H31N5O4S/c1-5-34-23-12-10-20(35(32,33)29-13-7-6-8-14-29)16-21(23)26-25(31)24-19(4)27-30(28-24)22-11-9-17(2)15-18(22)3/h9-12,15-16H,5-8,13-14H2,1-4H3,(H,26,31). The lowest BCUT2D eigenvalue weighted by Crippen LogP contribution is -2.35. The van der Waals surface area contributed by atoms with Crippen LogP contribution in [0.5, 0.6) is 5.75 Å². The quantitative estimate of drug-likeness (QED) is 0.528. The van der Waals surface area contributed by atoms with Crippen molar-refractivity contribution in [3.8, 4) is 11.4 Å². The zero-order valence-corrected chi connectivity index (χ0v) is 21.4. The molecule has 1 aromatic heterocycles. The molecule has 0 unspecified atom stereocenters. The van der Waals surface area contributed by atoms with Gasteiger partial charge < -0.3 is 10.1 Å². The van der Waals surface area contributed by atoms with Crippen LogP contribution >= 0.6 is 0 Å². The van der Waals surface area contributed by atoms with Gasteiger partial charge in [0.05, 0.1) is 28.6 Å². The average Bonchev–Trinajstić information content (AvgIpc) is 3.22. The lowest BCUT2D eigenvalue weighted by molar-refractivity contribution is 0.102. The van der Waals surface area contributed by atoms with Crippen molar-refractivity contribution in [3.63, 3.8) is 0 Å². The SMILES string of the molecule is CCOc1ccc(S(=O)(=O)N2CCCCC2)cc1NC(=O)c1nn(-c2ccc(C)cc2C)nc1C. The van der Waals surface area contributed by atoms with Crippen LogP contribution in [0.1, 0.15) is 53.5 Å². The fourth-order valence-corrected chi connectivity index (χ4v) is 5.75. The minimum Gasteiger partial charge on any atom is -0.492 e. The molecule has 10 heteroatoms. The molecule has 0 spiro atoms. The summed E-state index contributed by atoms with van der Waals surface area (Å²) in [6.45, 7) is 8.86. The van der Waals surface area contributed by atoms with Crippen LogP contribution < -0.4 is 10.1 Å². The number of nitrogens with zero attached hydrogens (tertiary/aromatic N) is 4. The second kappa shape index (κ2) is 10.2. The first-order valence-electron chi connectivity index (χ1n) is 11.8. The van der Waals surface area contributed by atoms with Gasteiger partial charge in [-0.1, -0.05) is 24.1 Å². The van der Waals surface area contributed by atoms with E-state index in [9.17, 15) is 13.2 Å². The highest BCUT2D eigenvalue weighted by molar-refractivity contribution is 7.89. The average molecular weight is 498 g/mol. The summed E-state index contributed by atoms with van der Waals surface area (Å²) in [5.41, 5.74) is 3.77. The Kier molecular flexibility index (Phi) is 7.23. The first kappa shape index (κ1) is 24.9.